The highest BCUT2D eigenvalue weighted by Crippen LogP contribution is 2.24. The van der Waals surface area contributed by atoms with Gasteiger partial charge in [0.15, 0.2) is 0 Å². The van der Waals surface area contributed by atoms with E-state index in [-0.39, 0.29) is 0 Å². The van der Waals surface area contributed by atoms with Gasteiger partial charge in [0.05, 0.1) is 11.9 Å². The summed E-state index contributed by atoms with van der Waals surface area (Å²) in [5.74, 6) is -2.81. The summed E-state index contributed by atoms with van der Waals surface area (Å²) in [6.45, 7) is 3.79. The first-order chi connectivity index (χ1) is 10.3. The number of ether oxygens (including phenoxy) is 2. The van der Waals surface area contributed by atoms with E-state index in [1.165, 1.54) is 0 Å². The molecule has 1 unspecified atom stereocenters. The molecule has 8 heteroatoms. The Balaban J connectivity index is 2.73. The fourth-order valence-electron chi connectivity index (χ4n) is 2.29. The Morgan fingerprint density at radius 3 is 2.32 bits per heavy atom. The predicted molar refractivity (Wildman–Crippen MR) is 71.1 cm³/mol. The maximum Gasteiger partial charge on any atom is 0.311 e. The van der Waals surface area contributed by atoms with Crippen LogP contribution in [0.3, 0.4) is 0 Å². The average molecular weight is 319 g/mol. The van der Waals surface area contributed by atoms with E-state index in [2.05, 4.69) is 0 Å². The maximum atomic E-state index is 12.0. The quantitative estimate of drug-likeness (QED) is 0.473. The van der Waals surface area contributed by atoms with E-state index in [0.29, 0.717) is 12.8 Å². The lowest BCUT2D eigenvalue weighted by Crippen LogP contribution is -2.63. The minimum absolute atomic E-state index is 0.402. The van der Waals surface area contributed by atoms with Gasteiger partial charge in [0.25, 0.3) is 0 Å². The van der Waals surface area contributed by atoms with E-state index in [1.54, 1.807) is 0 Å². The number of rotatable bonds is 7. The summed E-state index contributed by atoms with van der Waals surface area (Å²) in [6, 6.07) is 0. The van der Waals surface area contributed by atoms with Crippen LogP contribution in [0.15, 0.2) is 0 Å². The molecule has 0 bridgehead atoms. The molecule has 1 heterocycles. The molecule has 0 amide bonds. The normalized spacial score (nSPS) is 33.2. The zero-order chi connectivity index (χ0) is 16.9. The third kappa shape index (κ3) is 4.39. The molecular weight excluding hydrogens is 296 g/mol. The lowest BCUT2D eigenvalue weighted by atomic mass is 9.98. The number of hydrogen-bond donors (Lipinski definition) is 3. The monoisotopic (exact) mass is 319 g/mol. The van der Waals surface area contributed by atoms with Crippen molar-refractivity contribution in [2.75, 3.05) is 0 Å². The Labute approximate surface area is 128 Å². The molecular formula is C14H23O8-. The minimum Gasteiger partial charge on any atom is -0.547 e. The molecule has 1 rings (SSSR count). The number of carboxylic acids is 1. The molecule has 6 atom stereocenters. The van der Waals surface area contributed by atoms with Gasteiger partial charge in [0.1, 0.15) is 24.4 Å². The van der Waals surface area contributed by atoms with Gasteiger partial charge in [0, 0.05) is 0 Å². The van der Waals surface area contributed by atoms with E-state index in [9.17, 15) is 30.0 Å². The standard InChI is InChI=1S/C14H24O8/c1-3-5-6-7(4-2)13(20)22-14-10(17)8(15)9(16)11(21-14)12(18)19/h7-11,14-17H,3-6H2,1-2H3,(H,18,19)/p-1/t7?,8-,9-,10+,11-,14-/m0/s1. The highest BCUT2D eigenvalue weighted by atomic mass is 16.7. The van der Waals surface area contributed by atoms with Crippen LogP contribution < -0.4 is 5.11 Å². The number of carbonyl (C=O) groups excluding carboxylic acids is 2. The van der Waals surface area contributed by atoms with Crippen LogP contribution in [0.1, 0.15) is 39.5 Å². The third-order valence-electron chi connectivity index (χ3n) is 3.77. The van der Waals surface area contributed by atoms with Crippen molar-refractivity contribution in [3.05, 3.63) is 0 Å². The number of carboxylic acid groups (broad SMARTS) is 1. The van der Waals surface area contributed by atoms with Crippen LogP contribution in [0.2, 0.25) is 0 Å². The van der Waals surface area contributed by atoms with E-state index in [0.717, 1.165) is 12.8 Å². The summed E-state index contributed by atoms with van der Waals surface area (Å²) in [7, 11) is 0. The largest absolute Gasteiger partial charge is 0.547 e. The van der Waals surface area contributed by atoms with Crippen LogP contribution in [0.4, 0.5) is 0 Å². The molecule has 3 N–H and O–H groups in total. The summed E-state index contributed by atoms with van der Waals surface area (Å²) in [4.78, 5) is 22.9. The van der Waals surface area contributed by atoms with E-state index >= 15 is 0 Å². The van der Waals surface area contributed by atoms with Crippen molar-refractivity contribution in [1.82, 2.24) is 0 Å². The first-order valence-corrected chi connectivity index (χ1v) is 7.44. The average Bonchev–Trinajstić information content (AvgIpc) is 2.48. The van der Waals surface area contributed by atoms with Crippen LogP contribution >= 0.6 is 0 Å². The van der Waals surface area contributed by atoms with Crippen molar-refractivity contribution < 1.29 is 39.5 Å². The van der Waals surface area contributed by atoms with Gasteiger partial charge in [-0.25, -0.2) is 0 Å². The molecule has 1 aliphatic heterocycles. The molecule has 0 radical (unpaired) electrons. The first kappa shape index (κ1) is 18.8. The van der Waals surface area contributed by atoms with Gasteiger partial charge in [-0.2, -0.15) is 0 Å². The van der Waals surface area contributed by atoms with Gasteiger partial charge in [-0.05, 0) is 12.8 Å². The van der Waals surface area contributed by atoms with Crippen molar-refractivity contribution in [2.24, 2.45) is 5.92 Å². The fourth-order valence-corrected chi connectivity index (χ4v) is 2.29. The second kappa shape index (κ2) is 8.42. The molecule has 8 nitrogen and oxygen atoms in total. The summed E-state index contributed by atoms with van der Waals surface area (Å²) in [5.41, 5.74) is 0. The molecule has 128 valence electrons. The SMILES string of the molecule is CCCCC(CC)C(=O)O[C@@H]1O[C@H](C(=O)[O-])[C@@H](O)[C@H](O)[C@H]1O. The molecule has 0 aromatic rings. The molecule has 0 saturated carbocycles. The van der Waals surface area contributed by atoms with Crippen LogP contribution in [-0.4, -0.2) is 58.0 Å². The second-order valence-corrected chi connectivity index (χ2v) is 5.40. The number of aliphatic hydroxyl groups is 3. The zero-order valence-corrected chi connectivity index (χ0v) is 12.7. The van der Waals surface area contributed by atoms with E-state index < -0.39 is 48.6 Å². The number of hydrogen-bond acceptors (Lipinski definition) is 8. The molecule has 0 aliphatic carbocycles. The Morgan fingerprint density at radius 1 is 1.18 bits per heavy atom. The van der Waals surface area contributed by atoms with Crippen LogP contribution in [0.25, 0.3) is 0 Å². The van der Waals surface area contributed by atoms with Crippen LogP contribution in [0, 0.1) is 5.92 Å². The van der Waals surface area contributed by atoms with E-state index in [4.69, 9.17) is 9.47 Å². The Kier molecular flexibility index (Phi) is 7.21. The Hall–Kier alpha value is -1.22. The fraction of sp³-hybridized carbons (Fsp3) is 0.857. The molecule has 0 spiro atoms. The van der Waals surface area contributed by atoms with Crippen LogP contribution in [-0.2, 0) is 19.1 Å². The first-order valence-electron chi connectivity index (χ1n) is 7.44. The zero-order valence-electron chi connectivity index (χ0n) is 12.7. The topological polar surface area (TPSA) is 136 Å². The van der Waals surface area contributed by atoms with Gasteiger partial charge in [-0.1, -0.05) is 26.7 Å². The molecule has 22 heavy (non-hydrogen) atoms. The van der Waals surface area contributed by atoms with Crippen molar-refractivity contribution in [3.8, 4) is 0 Å². The number of carbonyl (C=O) groups is 2. The maximum absolute atomic E-state index is 12.0. The second-order valence-electron chi connectivity index (χ2n) is 5.40. The van der Waals surface area contributed by atoms with Gasteiger partial charge < -0.3 is 34.7 Å². The lowest BCUT2D eigenvalue weighted by molar-refractivity contribution is -0.346. The van der Waals surface area contributed by atoms with Gasteiger partial charge >= 0.3 is 5.97 Å². The molecule has 0 aromatic heterocycles. The van der Waals surface area contributed by atoms with Gasteiger partial charge in [-0.3, -0.25) is 4.79 Å². The van der Waals surface area contributed by atoms with Crippen molar-refractivity contribution in [2.45, 2.75) is 70.2 Å². The van der Waals surface area contributed by atoms with Crippen molar-refractivity contribution in [3.63, 3.8) is 0 Å². The van der Waals surface area contributed by atoms with Gasteiger partial charge in [-0.15, -0.1) is 0 Å². The van der Waals surface area contributed by atoms with Crippen LogP contribution in [0.5, 0.6) is 0 Å². The molecule has 1 fully saturated rings. The molecule has 1 aliphatic rings. The third-order valence-corrected chi connectivity index (χ3v) is 3.77. The van der Waals surface area contributed by atoms with Gasteiger partial charge in [0.2, 0.25) is 6.29 Å². The Bertz CT molecular complexity index is 385. The highest BCUT2D eigenvalue weighted by molar-refractivity contribution is 5.73. The molecule has 0 aromatic carbocycles. The van der Waals surface area contributed by atoms with Crippen molar-refractivity contribution >= 4 is 11.9 Å². The Morgan fingerprint density at radius 2 is 1.82 bits per heavy atom. The summed E-state index contributed by atoms with van der Waals surface area (Å²) >= 11 is 0. The number of aliphatic carboxylic acids is 1. The summed E-state index contributed by atoms with van der Waals surface area (Å²) in [5, 5.41) is 39.7. The number of unbranched alkanes of at least 4 members (excludes halogenated alkanes) is 1. The smallest absolute Gasteiger partial charge is 0.311 e. The minimum atomic E-state index is -1.88. The van der Waals surface area contributed by atoms with E-state index in [1.807, 2.05) is 13.8 Å². The van der Waals surface area contributed by atoms with Crippen molar-refractivity contribution in [1.29, 1.82) is 0 Å². The summed E-state index contributed by atoms with van der Waals surface area (Å²) < 4.78 is 9.83. The summed E-state index contributed by atoms with van der Waals surface area (Å²) in [6.07, 6.45) is -6.10. The number of esters is 1. The molecule has 1 saturated heterocycles. The lowest BCUT2D eigenvalue weighted by Gasteiger charge is -2.40. The number of aliphatic hydroxyl groups excluding tert-OH is 3. The predicted octanol–water partition coefficient (Wildman–Crippen LogP) is -1.70. The highest BCUT2D eigenvalue weighted by Gasteiger charge is 2.46.